The molecule has 4 aliphatic heterocycles. The molecular weight excluding hydrogens is 666 g/mol. The van der Waals surface area contributed by atoms with Gasteiger partial charge in [-0.15, -0.1) is 0 Å². The Labute approximate surface area is 281 Å². The lowest BCUT2D eigenvalue weighted by atomic mass is 9.82. The summed E-state index contributed by atoms with van der Waals surface area (Å²) in [4.78, 5) is 58.4. The Balaban J connectivity index is 1.33. The minimum absolute atomic E-state index is 0.0484. The smallest absolute Gasteiger partial charge is 0.264 e. The summed E-state index contributed by atoms with van der Waals surface area (Å²) in [6.07, 6.45) is 5.62. The predicted octanol–water partition coefficient (Wildman–Crippen LogP) is 5.46. The molecule has 1 spiro atoms. The molecular formula is C35H46BrN3O6Si. The van der Waals surface area contributed by atoms with Crippen molar-refractivity contribution < 1.29 is 29.0 Å². The summed E-state index contributed by atoms with van der Waals surface area (Å²) < 4.78 is 7.69. The van der Waals surface area contributed by atoms with E-state index in [-0.39, 0.29) is 48.3 Å². The van der Waals surface area contributed by atoms with Crippen LogP contribution in [0.2, 0.25) is 18.6 Å². The van der Waals surface area contributed by atoms with Gasteiger partial charge in [-0.05, 0) is 74.7 Å². The zero-order valence-electron chi connectivity index (χ0n) is 27.1. The van der Waals surface area contributed by atoms with Crippen LogP contribution in [0.1, 0.15) is 69.4 Å². The molecule has 9 nitrogen and oxygen atoms in total. The second-order valence-corrected chi connectivity index (χ2v) is 19.0. The van der Waals surface area contributed by atoms with E-state index in [1.165, 1.54) is 0 Å². The topological polar surface area (TPSA) is 111 Å². The van der Waals surface area contributed by atoms with E-state index in [2.05, 4.69) is 15.9 Å². The zero-order valence-corrected chi connectivity index (χ0v) is 29.7. The van der Waals surface area contributed by atoms with Crippen LogP contribution >= 0.6 is 15.9 Å². The first-order chi connectivity index (χ1) is 22.0. The average Bonchev–Trinajstić information content (AvgIpc) is 3.66. The highest BCUT2D eigenvalue weighted by Crippen LogP contribution is 2.60. The Bertz CT molecular complexity index is 1500. The molecule has 3 amide bonds. The molecule has 5 atom stereocenters. The fourth-order valence-corrected chi connectivity index (χ4v) is 11.4. The van der Waals surface area contributed by atoms with Crippen molar-refractivity contribution in [1.82, 2.24) is 4.90 Å². The molecule has 0 aromatic heterocycles. The number of aliphatic hydroxyl groups is 1. The number of likely N-dealkylation sites (tertiary alicyclic amines) is 1. The van der Waals surface area contributed by atoms with Crippen molar-refractivity contribution in [2.45, 2.75) is 101 Å². The molecule has 0 unspecified atom stereocenters. The average molecular weight is 713 g/mol. The minimum atomic E-state index is -2.94. The van der Waals surface area contributed by atoms with Gasteiger partial charge in [-0.3, -0.25) is 14.4 Å². The molecule has 2 aromatic rings. The molecule has 2 aromatic carbocycles. The highest BCUT2D eigenvalue weighted by Gasteiger charge is 2.66. The van der Waals surface area contributed by atoms with Gasteiger partial charge in [0.1, 0.15) is 0 Å². The SMILES string of the molecule is C[C@H]1[C@H]([Si](C)(C)O)[C@@H](CC(=O)N2CCC[C@H]2CO)O[C@]12C(=O)N(Cc1cccc(N3CCCCCCC3=O)c1)c1ccc(Br)cc12. The number of amides is 3. The predicted molar refractivity (Wildman–Crippen MR) is 183 cm³/mol. The maximum atomic E-state index is 14.8. The lowest BCUT2D eigenvalue weighted by Crippen LogP contribution is -2.46. The number of anilines is 2. The second kappa shape index (κ2) is 13.1. The number of aliphatic hydroxyl groups excluding tert-OH is 1. The quantitative estimate of drug-likeness (QED) is 0.369. The standard InChI is InChI=1S/C35H46BrN3O6Si/c1-23-33(46(2,3)44)30(20-32(42)38-17-9-12-27(38)22-40)45-35(23)28-19-25(36)14-15-29(28)39(34(35)43)21-24-10-8-11-26(18-24)37-16-7-5-4-6-13-31(37)41/h8,10-11,14-15,18-19,23,27,30,33,40,44H,4-7,9,12-13,16-17,20-22H2,1-3H3/t23-,27-,30+,33-,35+/m0/s1. The van der Waals surface area contributed by atoms with Gasteiger partial charge < -0.3 is 29.3 Å². The van der Waals surface area contributed by atoms with Crippen molar-refractivity contribution in [3.63, 3.8) is 0 Å². The van der Waals surface area contributed by atoms with Crippen molar-refractivity contribution in [1.29, 1.82) is 0 Å². The molecule has 4 heterocycles. The summed E-state index contributed by atoms with van der Waals surface area (Å²) >= 11 is 3.61. The lowest BCUT2D eigenvalue weighted by Gasteiger charge is -2.33. The van der Waals surface area contributed by atoms with E-state index in [0.717, 1.165) is 65.5 Å². The van der Waals surface area contributed by atoms with Crippen LogP contribution in [0.5, 0.6) is 0 Å². The van der Waals surface area contributed by atoms with Gasteiger partial charge in [0.15, 0.2) is 13.9 Å². The largest absolute Gasteiger partial charge is 0.432 e. The zero-order chi connectivity index (χ0) is 32.8. The number of nitrogens with zero attached hydrogens (tertiary/aromatic N) is 3. The summed E-state index contributed by atoms with van der Waals surface area (Å²) in [6, 6.07) is 13.5. The van der Waals surface area contributed by atoms with E-state index in [4.69, 9.17) is 4.74 Å². The van der Waals surface area contributed by atoms with Crippen molar-refractivity contribution >= 4 is 53.3 Å². The summed E-state index contributed by atoms with van der Waals surface area (Å²) in [5.74, 6) is -0.562. The molecule has 4 aliphatic rings. The molecule has 11 heteroatoms. The number of hydrogen-bond donors (Lipinski definition) is 2. The number of halogens is 1. The minimum Gasteiger partial charge on any atom is -0.432 e. The van der Waals surface area contributed by atoms with Crippen LogP contribution in [0.4, 0.5) is 11.4 Å². The van der Waals surface area contributed by atoms with Crippen LogP contribution in [0.25, 0.3) is 0 Å². The molecule has 3 saturated heterocycles. The number of benzene rings is 2. The lowest BCUT2D eigenvalue weighted by molar-refractivity contribution is -0.150. The fourth-order valence-electron chi connectivity index (χ4n) is 8.49. The molecule has 0 radical (unpaired) electrons. The molecule has 2 N–H and O–H groups in total. The second-order valence-electron chi connectivity index (χ2n) is 14.1. The van der Waals surface area contributed by atoms with Crippen LogP contribution < -0.4 is 9.80 Å². The van der Waals surface area contributed by atoms with E-state index < -0.39 is 20.0 Å². The van der Waals surface area contributed by atoms with Crippen LogP contribution in [0.3, 0.4) is 0 Å². The molecule has 46 heavy (non-hydrogen) atoms. The van der Waals surface area contributed by atoms with Crippen molar-refractivity contribution in [3.8, 4) is 0 Å². The Morgan fingerprint density at radius 1 is 1.07 bits per heavy atom. The highest BCUT2D eigenvalue weighted by atomic mass is 79.9. The van der Waals surface area contributed by atoms with Crippen molar-refractivity contribution in [3.05, 3.63) is 58.1 Å². The molecule has 6 rings (SSSR count). The maximum Gasteiger partial charge on any atom is 0.264 e. The third kappa shape index (κ3) is 5.98. The third-order valence-electron chi connectivity index (χ3n) is 10.6. The molecule has 0 saturated carbocycles. The van der Waals surface area contributed by atoms with Crippen molar-refractivity contribution in [2.75, 3.05) is 29.5 Å². The van der Waals surface area contributed by atoms with Gasteiger partial charge in [0, 0.05) is 46.7 Å². The van der Waals surface area contributed by atoms with E-state index >= 15 is 0 Å². The van der Waals surface area contributed by atoms with Gasteiger partial charge in [-0.1, -0.05) is 47.8 Å². The van der Waals surface area contributed by atoms with Gasteiger partial charge in [-0.2, -0.15) is 0 Å². The molecule has 3 fully saturated rings. The summed E-state index contributed by atoms with van der Waals surface area (Å²) in [5.41, 5.74) is 1.50. The number of fused-ring (bicyclic) bond motifs is 2. The molecule has 0 bridgehead atoms. The third-order valence-corrected chi connectivity index (χ3v) is 13.6. The van der Waals surface area contributed by atoms with Gasteiger partial charge in [0.05, 0.1) is 37.4 Å². The monoisotopic (exact) mass is 711 g/mol. The van der Waals surface area contributed by atoms with Gasteiger partial charge in [0.2, 0.25) is 11.8 Å². The Hall–Kier alpha value is -2.57. The van der Waals surface area contributed by atoms with Crippen LogP contribution in [0.15, 0.2) is 46.9 Å². The number of carbonyl (C=O) groups is 3. The Kier molecular flexibility index (Phi) is 9.52. The van der Waals surface area contributed by atoms with E-state index in [9.17, 15) is 24.3 Å². The Morgan fingerprint density at radius 2 is 1.85 bits per heavy atom. The van der Waals surface area contributed by atoms with Gasteiger partial charge in [-0.25, -0.2) is 0 Å². The number of hydrogen-bond acceptors (Lipinski definition) is 6. The summed E-state index contributed by atoms with van der Waals surface area (Å²) in [5, 5.41) is 9.85. The van der Waals surface area contributed by atoms with Crippen LogP contribution in [-0.2, 0) is 31.3 Å². The van der Waals surface area contributed by atoms with E-state index in [1.54, 1.807) is 9.80 Å². The maximum absolute atomic E-state index is 14.8. The van der Waals surface area contributed by atoms with Gasteiger partial charge in [0.25, 0.3) is 5.91 Å². The van der Waals surface area contributed by atoms with E-state index in [0.29, 0.717) is 26.1 Å². The highest BCUT2D eigenvalue weighted by molar-refractivity contribution is 9.10. The van der Waals surface area contributed by atoms with Crippen molar-refractivity contribution in [2.24, 2.45) is 5.92 Å². The Morgan fingerprint density at radius 3 is 2.61 bits per heavy atom. The van der Waals surface area contributed by atoms with Crippen LogP contribution in [-0.4, -0.2) is 72.7 Å². The fraction of sp³-hybridized carbons (Fsp3) is 0.571. The summed E-state index contributed by atoms with van der Waals surface area (Å²) in [7, 11) is -2.94. The first-order valence-corrected chi connectivity index (χ1v) is 20.6. The first-order valence-electron chi connectivity index (χ1n) is 16.8. The number of rotatable bonds is 7. The summed E-state index contributed by atoms with van der Waals surface area (Å²) in [6.45, 7) is 7.19. The number of ether oxygens (including phenoxy) is 1. The normalized spacial score (nSPS) is 28.6. The number of carbonyl (C=O) groups excluding carboxylic acids is 3. The first kappa shape index (κ1) is 33.3. The molecule has 248 valence electrons. The van der Waals surface area contributed by atoms with Gasteiger partial charge >= 0.3 is 0 Å². The van der Waals surface area contributed by atoms with Crippen LogP contribution in [0, 0.1) is 5.92 Å². The van der Waals surface area contributed by atoms with E-state index in [1.807, 2.05) is 67.4 Å². The molecule has 0 aliphatic carbocycles.